The molecule has 1 fully saturated rings. The number of amides is 2. The first-order chi connectivity index (χ1) is 14.3. The minimum Gasteiger partial charge on any atom is -0.467 e. The zero-order chi connectivity index (χ0) is 22.7. The second kappa shape index (κ2) is 13.0. The standard InChI is InChI=1S/C21H35N3O6/c1-6-8-10-16(20(27)29-4)23-18(25)14-11-22-12-15(14)19(26)24-17(21(28)30-5)13(3)9-7-2/h14-17,22H,3,6-12H2,1-2,4-5H3,(H,23,25)(H,24,26)/t14-,15-,16+,17+/m1/s1. The molecule has 1 aliphatic rings. The average Bonchev–Trinajstić information content (AvgIpc) is 3.23. The Bertz CT molecular complexity index is 636. The van der Waals surface area contributed by atoms with Gasteiger partial charge in [0, 0.05) is 13.1 Å². The Morgan fingerprint density at radius 1 is 0.967 bits per heavy atom. The second-order valence-electron chi connectivity index (χ2n) is 7.47. The minimum absolute atomic E-state index is 0.288. The molecule has 1 heterocycles. The van der Waals surface area contributed by atoms with Crippen molar-refractivity contribution >= 4 is 23.8 Å². The highest BCUT2D eigenvalue weighted by atomic mass is 16.5. The molecule has 0 saturated carbocycles. The van der Waals surface area contributed by atoms with Crippen molar-refractivity contribution in [1.29, 1.82) is 0 Å². The first-order valence-electron chi connectivity index (χ1n) is 10.4. The van der Waals surface area contributed by atoms with Crippen LogP contribution < -0.4 is 16.0 Å². The summed E-state index contributed by atoms with van der Waals surface area (Å²) in [4.78, 5) is 49.8. The van der Waals surface area contributed by atoms with Crippen LogP contribution in [0.25, 0.3) is 0 Å². The van der Waals surface area contributed by atoms with Gasteiger partial charge in [-0.05, 0) is 18.4 Å². The van der Waals surface area contributed by atoms with Crippen molar-refractivity contribution in [2.45, 2.75) is 58.0 Å². The van der Waals surface area contributed by atoms with Gasteiger partial charge >= 0.3 is 11.9 Å². The van der Waals surface area contributed by atoms with E-state index in [2.05, 4.69) is 22.5 Å². The molecule has 30 heavy (non-hydrogen) atoms. The summed E-state index contributed by atoms with van der Waals surface area (Å²) in [7, 11) is 2.52. The average molecular weight is 426 g/mol. The van der Waals surface area contributed by atoms with E-state index in [1.807, 2.05) is 13.8 Å². The van der Waals surface area contributed by atoms with E-state index in [1.165, 1.54) is 14.2 Å². The normalized spacial score (nSPS) is 20.0. The van der Waals surface area contributed by atoms with Gasteiger partial charge in [0.25, 0.3) is 0 Å². The molecular formula is C21H35N3O6. The van der Waals surface area contributed by atoms with Crippen molar-refractivity contribution in [1.82, 2.24) is 16.0 Å². The number of carbonyl (C=O) groups excluding carboxylic acids is 4. The van der Waals surface area contributed by atoms with E-state index in [-0.39, 0.29) is 6.54 Å². The van der Waals surface area contributed by atoms with E-state index in [0.29, 0.717) is 25.0 Å². The molecular weight excluding hydrogens is 390 g/mol. The Hall–Kier alpha value is -2.42. The summed E-state index contributed by atoms with van der Waals surface area (Å²) in [5.74, 6) is -3.29. The lowest BCUT2D eigenvalue weighted by molar-refractivity contribution is -0.147. The van der Waals surface area contributed by atoms with E-state index < -0.39 is 47.7 Å². The molecule has 0 spiro atoms. The molecule has 1 aliphatic heterocycles. The number of nitrogens with one attached hydrogen (secondary N) is 3. The zero-order valence-corrected chi connectivity index (χ0v) is 18.4. The van der Waals surface area contributed by atoms with Gasteiger partial charge in [-0.1, -0.05) is 39.7 Å². The van der Waals surface area contributed by atoms with Gasteiger partial charge in [0.05, 0.1) is 26.1 Å². The monoisotopic (exact) mass is 425 g/mol. The number of rotatable bonds is 12. The van der Waals surface area contributed by atoms with Gasteiger partial charge in [0.1, 0.15) is 12.1 Å². The fraction of sp³-hybridized carbons (Fsp3) is 0.714. The third-order valence-corrected chi connectivity index (χ3v) is 5.24. The minimum atomic E-state index is -0.959. The lowest BCUT2D eigenvalue weighted by atomic mass is 9.92. The molecule has 1 rings (SSSR count). The predicted octanol–water partition coefficient (Wildman–Crippen LogP) is 0.684. The van der Waals surface area contributed by atoms with Crippen LogP contribution in [0.3, 0.4) is 0 Å². The summed E-state index contributed by atoms with van der Waals surface area (Å²) in [6, 6.07) is -1.71. The Morgan fingerprint density at radius 2 is 1.53 bits per heavy atom. The van der Waals surface area contributed by atoms with Gasteiger partial charge in [-0.3, -0.25) is 9.59 Å². The maximum absolute atomic E-state index is 12.9. The van der Waals surface area contributed by atoms with Gasteiger partial charge in [-0.2, -0.15) is 0 Å². The van der Waals surface area contributed by atoms with Gasteiger partial charge in [0.15, 0.2) is 0 Å². The lowest BCUT2D eigenvalue weighted by Crippen LogP contribution is -2.50. The molecule has 9 heteroatoms. The first-order valence-corrected chi connectivity index (χ1v) is 10.4. The third-order valence-electron chi connectivity index (χ3n) is 5.24. The first kappa shape index (κ1) is 25.6. The van der Waals surface area contributed by atoms with Gasteiger partial charge < -0.3 is 25.4 Å². The van der Waals surface area contributed by atoms with Crippen molar-refractivity contribution < 1.29 is 28.7 Å². The molecule has 0 aromatic rings. The highest BCUT2D eigenvalue weighted by Gasteiger charge is 2.40. The number of hydrogen-bond donors (Lipinski definition) is 3. The van der Waals surface area contributed by atoms with Crippen LogP contribution in [0.4, 0.5) is 0 Å². The van der Waals surface area contributed by atoms with Crippen LogP contribution in [0, 0.1) is 11.8 Å². The molecule has 0 radical (unpaired) electrons. The Morgan fingerprint density at radius 3 is 2.03 bits per heavy atom. The van der Waals surface area contributed by atoms with E-state index in [4.69, 9.17) is 9.47 Å². The van der Waals surface area contributed by atoms with E-state index in [0.717, 1.165) is 19.3 Å². The Balaban J connectivity index is 2.86. The number of ether oxygens (including phenoxy) is 2. The summed E-state index contributed by atoms with van der Waals surface area (Å²) in [5.41, 5.74) is 0.551. The predicted molar refractivity (Wildman–Crippen MR) is 111 cm³/mol. The molecule has 0 unspecified atom stereocenters. The van der Waals surface area contributed by atoms with Crippen LogP contribution in [0.2, 0.25) is 0 Å². The lowest BCUT2D eigenvalue weighted by Gasteiger charge is -2.24. The molecule has 170 valence electrons. The van der Waals surface area contributed by atoms with Crippen molar-refractivity contribution in [2.24, 2.45) is 11.8 Å². The maximum atomic E-state index is 12.9. The second-order valence-corrected chi connectivity index (χ2v) is 7.47. The number of methoxy groups -OCH3 is 2. The van der Waals surface area contributed by atoms with Crippen LogP contribution in [0.1, 0.15) is 46.0 Å². The summed E-state index contributed by atoms with van der Waals surface area (Å²) < 4.78 is 9.56. The van der Waals surface area contributed by atoms with E-state index in [9.17, 15) is 19.2 Å². The highest BCUT2D eigenvalue weighted by Crippen LogP contribution is 2.20. The zero-order valence-electron chi connectivity index (χ0n) is 18.4. The van der Waals surface area contributed by atoms with Gasteiger partial charge in [-0.25, -0.2) is 9.59 Å². The highest BCUT2D eigenvalue weighted by molar-refractivity contribution is 5.93. The third kappa shape index (κ3) is 7.12. The SMILES string of the molecule is C=C(CCC)[C@H](NC(=O)[C@@H]1CNC[C@H]1C(=O)N[C@@H](CCCC)C(=O)OC)C(=O)OC. The van der Waals surface area contributed by atoms with Crippen LogP contribution >= 0.6 is 0 Å². The van der Waals surface area contributed by atoms with E-state index >= 15 is 0 Å². The van der Waals surface area contributed by atoms with Crippen molar-refractivity contribution in [3.05, 3.63) is 12.2 Å². The fourth-order valence-electron chi connectivity index (χ4n) is 3.47. The quantitative estimate of drug-likeness (QED) is 0.310. The van der Waals surface area contributed by atoms with Crippen LogP contribution in [-0.4, -0.2) is 63.1 Å². The van der Waals surface area contributed by atoms with Crippen molar-refractivity contribution in [3.63, 3.8) is 0 Å². The van der Waals surface area contributed by atoms with Gasteiger partial charge in [-0.15, -0.1) is 0 Å². The Labute approximate surface area is 178 Å². The molecule has 0 bridgehead atoms. The number of unbranched alkanes of at least 4 members (excludes halogenated alkanes) is 1. The maximum Gasteiger partial charge on any atom is 0.332 e. The van der Waals surface area contributed by atoms with Gasteiger partial charge in [0.2, 0.25) is 11.8 Å². The smallest absolute Gasteiger partial charge is 0.332 e. The van der Waals surface area contributed by atoms with Crippen molar-refractivity contribution in [3.8, 4) is 0 Å². The van der Waals surface area contributed by atoms with Crippen LogP contribution in [0.15, 0.2) is 12.2 Å². The summed E-state index contributed by atoms with van der Waals surface area (Å²) in [5, 5.41) is 8.43. The molecule has 0 aromatic heterocycles. The van der Waals surface area contributed by atoms with Crippen LogP contribution in [-0.2, 0) is 28.7 Å². The topological polar surface area (TPSA) is 123 Å². The number of hydrogen-bond acceptors (Lipinski definition) is 7. The molecule has 3 N–H and O–H groups in total. The Kier molecular flexibility index (Phi) is 11.1. The molecule has 1 saturated heterocycles. The molecule has 0 aliphatic carbocycles. The largest absolute Gasteiger partial charge is 0.467 e. The molecule has 9 nitrogen and oxygen atoms in total. The summed E-state index contributed by atoms with van der Waals surface area (Å²) >= 11 is 0. The fourth-order valence-corrected chi connectivity index (χ4v) is 3.47. The number of carbonyl (C=O) groups is 4. The summed E-state index contributed by atoms with van der Waals surface area (Å²) in [6.07, 6.45) is 3.42. The van der Waals surface area contributed by atoms with E-state index in [1.54, 1.807) is 0 Å². The molecule has 0 aromatic carbocycles. The van der Waals surface area contributed by atoms with Crippen LogP contribution in [0.5, 0.6) is 0 Å². The van der Waals surface area contributed by atoms with Crippen molar-refractivity contribution in [2.75, 3.05) is 27.3 Å². The number of esters is 2. The summed E-state index contributed by atoms with van der Waals surface area (Å²) in [6.45, 7) is 8.40. The molecule has 2 amide bonds. The molecule has 4 atom stereocenters.